The molecule has 21 heavy (non-hydrogen) atoms. The van der Waals surface area contributed by atoms with Crippen LogP contribution in [0.2, 0.25) is 0 Å². The first-order valence-corrected chi connectivity index (χ1v) is 9.30. The van der Waals surface area contributed by atoms with Gasteiger partial charge in [-0.25, -0.2) is 0 Å². The van der Waals surface area contributed by atoms with Crippen molar-refractivity contribution in [1.29, 1.82) is 0 Å². The zero-order chi connectivity index (χ0) is 14.9. The van der Waals surface area contributed by atoms with E-state index in [-0.39, 0.29) is 0 Å². The Labute approximate surface area is 131 Å². The molecule has 1 saturated heterocycles. The predicted molar refractivity (Wildman–Crippen MR) is 88.3 cm³/mol. The van der Waals surface area contributed by atoms with Crippen molar-refractivity contribution in [2.45, 2.75) is 77.8 Å². The van der Waals surface area contributed by atoms with Crippen molar-refractivity contribution in [2.75, 3.05) is 19.6 Å². The van der Waals surface area contributed by atoms with Crippen molar-refractivity contribution >= 4 is 0 Å². The Bertz CT molecular complexity index is 411. The molecule has 2 nitrogen and oxygen atoms in total. The summed E-state index contributed by atoms with van der Waals surface area (Å²) in [5.41, 5.74) is 1.84. The summed E-state index contributed by atoms with van der Waals surface area (Å²) in [6.07, 6.45) is 9.00. The second-order valence-electron chi connectivity index (χ2n) is 10.1. The monoisotopic (exact) mass is 290 g/mol. The van der Waals surface area contributed by atoms with Gasteiger partial charge in [0.2, 0.25) is 0 Å². The molecule has 0 amide bonds. The van der Waals surface area contributed by atoms with E-state index in [0.717, 1.165) is 11.8 Å². The summed E-state index contributed by atoms with van der Waals surface area (Å²) in [6, 6.07) is 0.701. The second-order valence-corrected chi connectivity index (χ2v) is 10.1. The smallest absolute Gasteiger partial charge is 0.0223 e. The fraction of sp³-hybridized carbons (Fsp3) is 1.00. The van der Waals surface area contributed by atoms with Crippen LogP contribution in [-0.4, -0.2) is 36.1 Å². The van der Waals surface area contributed by atoms with Gasteiger partial charge in [0.15, 0.2) is 0 Å². The van der Waals surface area contributed by atoms with Crippen molar-refractivity contribution in [3.63, 3.8) is 0 Å². The van der Waals surface area contributed by atoms with Crippen molar-refractivity contribution in [2.24, 2.45) is 22.7 Å². The molecular weight excluding hydrogens is 256 g/mol. The van der Waals surface area contributed by atoms with Crippen LogP contribution < -0.4 is 5.32 Å². The van der Waals surface area contributed by atoms with Crippen molar-refractivity contribution < 1.29 is 0 Å². The summed E-state index contributed by atoms with van der Waals surface area (Å²) in [6.45, 7) is 13.7. The standard InChI is InChI=1S/C19H34N2/c1-14(2)16-10-21(6-5-20-16)19-9-15-7-17(3,12-19)11-18(4,8-15)13-19/h14-16,20H,5-13H2,1-4H3. The third-order valence-electron chi connectivity index (χ3n) is 7.28. The Morgan fingerprint density at radius 3 is 2.24 bits per heavy atom. The van der Waals surface area contributed by atoms with Crippen LogP contribution in [0.4, 0.5) is 0 Å². The fourth-order valence-electron chi connectivity index (χ4n) is 7.40. The Balaban J connectivity index is 1.62. The lowest BCUT2D eigenvalue weighted by molar-refractivity contribution is -0.166. The molecule has 1 N–H and O–H groups in total. The van der Waals surface area contributed by atoms with E-state index in [1.807, 2.05) is 0 Å². The molecule has 0 radical (unpaired) electrons. The van der Waals surface area contributed by atoms with E-state index in [1.165, 1.54) is 58.2 Å². The van der Waals surface area contributed by atoms with Gasteiger partial charge in [0.05, 0.1) is 0 Å². The van der Waals surface area contributed by atoms with Crippen LogP contribution in [0, 0.1) is 22.7 Å². The van der Waals surface area contributed by atoms with E-state index in [1.54, 1.807) is 0 Å². The molecule has 4 aliphatic carbocycles. The lowest BCUT2D eigenvalue weighted by Gasteiger charge is -2.68. The molecule has 5 aliphatic rings. The molecular formula is C19H34N2. The van der Waals surface area contributed by atoms with Gasteiger partial charge >= 0.3 is 0 Å². The first-order chi connectivity index (χ1) is 9.82. The number of piperazine rings is 1. The maximum atomic E-state index is 3.76. The minimum atomic E-state index is 0.554. The largest absolute Gasteiger partial charge is 0.311 e. The van der Waals surface area contributed by atoms with Gasteiger partial charge in [0, 0.05) is 31.2 Å². The van der Waals surface area contributed by atoms with Gasteiger partial charge in [-0.1, -0.05) is 27.7 Å². The van der Waals surface area contributed by atoms with Crippen molar-refractivity contribution in [1.82, 2.24) is 10.2 Å². The minimum absolute atomic E-state index is 0.554. The van der Waals surface area contributed by atoms with Crippen LogP contribution >= 0.6 is 0 Å². The quantitative estimate of drug-likeness (QED) is 0.835. The number of hydrogen-bond acceptors (Lipinski definition) is 2. The van der Waals surface area contributed by atoms with Crippen LogP contribution in [0.5, 0.6) is 0 Å². The summed E-state index contributed by atoms with van der Waals surface area (Å²) in [4.78, 5) is 2.94. The summed E-state index contributed by atoms with van der Waals surface area (Å²) in [5.74, 6) is 1.77. The fourth-order valence-corrected chi connectivity index (χ4v) is 7.40. The molecule has 5 rings (SSSR count). The molecule has 4 bridgehead atoms. The first kappa shape index (κ1) is 14.5. The van der Waals surface area contributed by atoms with Crippen molar-refractivity contribution in [3.8, 4) is 0 Å². The van der Waals surface area contributed by atoms with E-state index in [2.05, 4.69) is 37.9 Å². The summed E-state index contributed by atoms with van der Waals surface area (Å²) >= 11 is 0. The number of hydrogen-bond donors (Lipinski definition) is 1. The summed E-state index contributed by atoms with van der Waals surface area (Å²) in [5, 5.41) is 3.76. The number of rotatable bonds is 2. The second kappa shape index (κ2) is 4.47. The maximum absolute atomic E-state index is 3.76. The van der Waals surface area contributed by atoms with Gasteiger partial charge in [-0.15, -0.1) is 0 Å². The third-order valence-corrected chi connectivity index (χ3v) is 7.28. The van der Waals surface area contributed by atoms with E-state index in [4.69, 9.17) is 0 Å². The van der Waals surface area contributed by atoms with Crippen LogP contribution in [-0.2, 0) is 0 Å². The van der Waals surface area contributed by atoms with E-state index < -0.39 is 0 Å². The van der Waals surface area contributed by atoms with E-state index >= 15 is 0 Å². The highest BCUT2D eigenvalue weighted by molar-refractivity contribution is 5.15. The minimum Gasteiger partial charge on any atom is -0.311 e. The molecule has 1 aliphatic heterocycles. The molecule has 0 aromatic heterocycles. The lowest BCUT2D eigenvalue weighted by atomic mass is 9.42. The zero-order valence-electron chi connectivity index (χ0n) is 14.5. The van der Waals surface area contributed by atoms with Crippen LogP contribution in [0.1, 0.15) is 66.2 Å². The topological polar surface area (TPSA) is 15.3 Å². The highest BCUT2D eigenvalue weighted by atomic mass is 15.3. The normalized spacial score (nSPS) is 53.6. The first-order valence-electron chi connectivity index (χ1n) is 9.30. The molecule has 120 valence electrons. The highest BCUT2D eigenvalue weighted by Crippen LogP contribution is 2.67. The molecule has 0 aromatic carbocycles. The van der Waals surface area contributed by atoms with Crippen LogP contribution in [0.3, 0.4) is 0 Å². The van der Waals surface area contributed by atoms with Crippen LogP contribution in [0.15, 0.2) is 0 Å². The molecule has 0 spiro atoms. The Morgan fingerprint density at radius 2 is 1.67 bits per heavy atom. The average molecular weight is 290 g/mol. The summed E-state index contributed by atoms with van der Waals surface area (Å²) < 4.78 is 0. The highest BCUT2D eigenvalue weighted by Gasteiger charge is 2.61. The molecule has 3 atom stereocenters. The average Bonchev–Trinajstić information content (AvgIpc) is 2.34. The zero-order valence-corrected chi connectivity index (χ0v) is 14.5. The molecule has 5 fully saturated rings. The third kappa shape index (κ3) is 2.28. The summed E-state index contributed by atoms with van der Waals surface area (Å²) in [7, 11) is 0. The number of nitrogens with zero attached hydrogens (tertiary/aromatic N) is 1. The SMILES string of the molecule is CC(C)C1CN(C23CC4CC(C)(CC(C)(C4)C2)C3)CCN1. The molecule has 4 saturated carbocycles. The molecule has 0 aromatic rings. The van der Waals surface area contributed by atoms with Gasteiger partial charge < -0.3 is 5.32 Å². The van der Waals surface area contributed by atoms with E-state index in [9.17, 15) is 0 Å². The van der Waals surface area contributed by atoms with Crippen molar-refractivity contribution in [3.05, 3.63) is 0 Å². The maximum Gasteiger partial charge on any atom is 0.0223 e. The Morgan fingerprint density at radius 1 is 1.00 bits per heavy atom. The lowest BCUT2D eigenvalue weighted by Crippen LogP contribution is -2.69. The molecule has 3 unspecified atom stereocenters. The number of nitrogens with one attached hydrogen (secondary N) is 1. The predicted octanol–water partition coefficient (Wildman–Crippen LogP) is 3.67. The van der Waals surface area contributed by atoms with Gasteiger partial charge in [-0.2, -0.15) is 0 Å². The Kier molecular flexibility index (Phi) is 3.09. The van der Waals surface area contributed by atoms with E-state index in [0.29, 0.717) is 22.4 Å². The molecule has 2 heteroatoms. The van der Waals surface area contributed by atoms with Gasteiger partial charge in [0.1, 0.15) is 0 Å². The van der Waals surface area contributed by atoms with Gasteiger partial charge in [-0.05, 0) is 61.2 Å². The van der Waals surface area contributed by atoms with Gasteiger partial charge in [0.25, 0.3) is 0 Å². The van der Waals surface area contributed by atoms with Gasteiger partial charge in [-0.3, -0.25) is 4.90 Å². The Hall–Kier alpha value is -0.0800. The van der Waals surface area contributed by atoms with Crippen LogP contribution in [0.25, 0.3) is 0 Å². The molecule has 1 heterocycles.